The molecule has 0 radical (unpaired) electrons. The van der Waals surface area contributed by atoms with Crippen LogP contribution in [0.1, 0.15) is 37.4 Å². The summed E-state index contributed by atoms with van der Waals surface area (Å²) >= 11 is 1.56. The molecule has 28 heavy (non-hydrogen) atoms. The number of aromatic nitrogens is 1. The van der Waals surface area contributed by atoms with E-state index >= 15 is 0 Å². The number of carbonyl (C=O) groups excluding carboxylic acids is 2. The predicted octanol–water partition coefficient (Wildman–Crippen LogP) is 4.34. The van der Waals surface area contributed by atoms with Crippen molar-refractivity contribution in [1.82, 2.24) is 9.88 Å². The lowest BCUT2D eigenvalue weighted by molar-refractivity contribution is -0.156. The van der Waals surface area contributed by atoms with Crippen LogP contribution in [-0.4, -0.2) is 35.4 Å². The number of fused-ring (bicyclic) bond motifs is 1. The quantitative estimate of drug-likeness (QED) is 0.582. The normalized spacial score (nSPS) is 12.6. The summed E-state index contributed by atoms with van der Waals surface area (Å²) in [6.07, 6.45) is 0. The predicted molar refractivity (Wildman–Crippen MR) is 111 cm³/mol. The number of thiazole rings is 1. The third-order valence-electron chi connectivity index (χ3n) is 4.97. The molecular weight excluding hydrogens is 372 g/mol. The Morgan fingerprint density at radius 3 is 2.43 bits per heavy atom. The standard InChI is InChI=1S/C22H24N2O3S/c1-15(20-23-17-12-8-9-13-18(17)28-20)24(4)19(25)14-27-21(26)22(2,3)16-10-6-5-7-11-16/h5-13,15H,14H2,1-4H3/t15-/m0/s1. The Labute approximate surface area is 169 Å². The first kappa shape index (κ1) is 20.0. The lowest BCUT2D eigenvalue weighted by Crippen LogP contribution is -2.37. The number of rotatable bonds is 6. The van der Waals surface area contributed by atoms with Gasteiger partial charge in [0.05, 0.1) is 21.7 Å². The van der Waals surface area contributed by atoms with Crippen LogP contribution < -0.4 is 0 Å². The lowest BCUT2D eigenvalue weighted by Gasteiger charge is -2.26. The van der Waals surface area contributed by atoms with Crippen molar-refractivity contribution in [3.8, 4) is 0 Å². The molecule has 6 heteroatoms. The molecule has 0 aliphatic heterocycles. The molecule has 0 aliphatic carbocycles. The van der Waals surface area contributed by atoms with E-state index in [9.17, 15) is 9.59 Å². The number of carbonyl (C=O) groups is 2. The van der Waals surface area contributed by atoms with E-state index in [1.807, 2.05) is 61.5 Å². The van der Waals surface area contributed by atoms with Crippen LogP contribution in [0.3, 0.4) is 0 Å². The van der Waals surface area contributed by atoms with Crippen LogP contribution in [0.2, 0.25) is 0 Å². The van der Waals surface area contributed by atoms with Gasteiger partial charge in [-0.2, -0.15) is 0 Å². The second-order valence-corrected chi connectivity index (χ2v) is 8.33. The summed E-state index contributed by atoms with van der Waals surface area (Å²) in [7, 11) is 1.70. The summed E-state index contributed by atoms with van der Waals surface area (Å²) in [6.45, 7) is 5.22. The van der Waals surface area contributed by atoms with E-state index in [2.05, 4.69) is 4.98 Å². The van der Waals surface area contributed by atoms with Gasteiger partial charge in [0, 0.05) is 7.05 Å². The topological polar surface area (TPSA) is 59.5 Å². The molecule has 146 valence electrons. The lowest BCUT2D eigenvalue weighted by atomic mass is 9.85. The highest BCUT2D eigenvalue weighted by Crippen LogP contribution is 2.29. The number of amides is 1. The number of nitrogens with zero attached hydrogens (tertiary/aromatic N) is 2. The van der Waals surface area contributed by atoms with Crippen LogP contribution in [0.25, 0.3) is 10.2 Å². The van der Waals surface area contributed by atoms with Gasteiger partial charge in [0.25, 0.3) is 5.91 Å². The number of hydrogen-bond acceptors (Lipinski definition) is 5. The summed E-state index contributed by atoms with van der Waals surface area (Å²) in [4.78, 5) is 31.3. The molecule has 3 aromatic rings. The number of para-hydroxylation sites is 1. The van der Waals surface area contributed by atoms with Crippen molar-refractivity contribution in [2.75, 3.05) is 13.7 Å². The maximum Gasteiger partial charge on any atom is 0.316 e. The van der Waals surface area contributed by atoms with E-state index in [1.54, 1.807) is 37.1 Å². The van der Waals surface area contributed by atoms with Gasteiger partial charge in [0.2, 0.25) is 0 Å². The molecule has 0 unspecified atom stereocenters. The van der Waals surface area contributed by atoms with Gasteiger partial charge in [0.1, 0.15) is 5.01 Å². The fourth-order valence-electron chi connectivity index (χ4n) is 2.83. The molecule has 2 aromatic carbocycles. The Kier molecular flexibility index (Phi) is 5.79. The summed E-state index contributed by atoms with van der Waals surface area (Å²) in [5.74, 6) is -0.683. The van der Waals surface area contributed by atoms with Gasteiger partial charge in [-0.3, -0.25) is 9.59 Å². The van der Waals surface area contributed by atoms with Crippen molar-refractivity contribution in [1.29, 1.82) is 0 Å². The maximum atomic E-state index is 12.6. The molecule has 0 saturated carbocycles. The molecule has 1 aromatic heterocycles. The van der Waals surface area contributed by atoms with Crippen molar-refractivity contribution >= 4 is 33.4 Å². The SMILES string of the molecule is C[C@@H](c1nc2ccccc2s1)N(C)C(=O)COC(=O)C(C)(C)c1ccccc1. The highest BCUT2D eigenvalue weighted by molar-refractivity contribution is 7.18. The summed E-state index contributed by atoms with van der Waals surface area (Å²) < 4.78 is 6.43. The van der Waals surface area contributed by atoms with Gasteiger partial charge in [-0.1, -0.05) is 42.5 Å². The van der Waals surface area contributed by atoms with Crippen LogP contribution in [0.15, 0.2) is 54.6 Å². The van der Waals surface area contributed by atoms with Gasteiger partial charge in [-0.05, 0) is 38.5 Å². The number of likely N-dealkylation sites (N-methyl/N-ethyl adjacent to an activating group) is 1. The monoisotopic (exact) mass is 396 g/mol. The molecule has 0 fully saturated rings. The van der Waals surface area contributed by atoms with Gasteiger partial charge < -0.3 is 9.64 Å². The molecule has 0 spiro atoms. The van der Waals surface area contributed by atoms with Gasteiger partial charge in [-0.15, -0.1) is 11.3 Å². The molecule has 5 nitrogen and oxygen atoms in total. The highest BCUT2D eigenvalue weighted by Gasteiger charge is 2.32. The van der Waals surface area contributed by atoms with Crippen molar-refractivity contribution < 1.29 is 14.3 Å². The zero-order valence-corrected chi connectivity index (χ0v) is 17.3. The molecule has 1 amide bonds. The Bertz CT molecular complexity index is 949. The van der Waals surface area contributed by atoms with Crippen molar-refractivity contribution in [2.45, 2.75) is 32.2 Å². The van der Waals surface area contributed by atoms with Crippen molar-refractivity contribution in [3.63, 3.8) is 0 Å². The van der Waals surface area contributed by atoms with Gasteiger partial charge >= 0.3 is 5.97 Å². The minimum atomic E-state index is -0.821. The second kappa shape index (κ2) is 8.10. The summed E-state index contributed by atoms with van der Waals surface area (Å²) in [5.41, 5.74) is 0.952. The smallest absolute Gasteiger partial charge is 0.316 e. The first-order valence-electron chi connectivity index (χ1n) is 9.14. The number of hydrogen-bond donors (Lipinski definition) is 0. The van der Waals surface area contributed by atoms with E-state index in [-0.39, 0.29) is 18.6 Å². The Morgan fingerprint density at radius 2 is 1.75 bits per heavy atom. The van der Waals surface area contributed by atoms with Gasteiger partial charge in [-0.25, -0.2) is 4.98 Å². The third-order valence-corrected chi connectivity index (χ3v) is 6.18. The first-order chi connectivity index (χ1) is 13.3. The molecular formula is C22H24N2O3S. The molecule has 0 aliphatic rings. The van der Waals surface area contributed by atoms with Gasteiger partial charge in [0.15, 0.2) is 6.61 Å². The van der Waals surface area contributed by atoms with Crippen LogP contribution in [-0.2, 0) is 19.7 Å². The van der Waals surface area contributed by atoms with E-state index in [1.165, 1.54) is 0 Å². The van der Waals surface area contributed by atoms with Crippen molar-refractivity contribution in [2.24, 2.45) is 0 Å². The highest BCUT2D eigenvalue weighted by atomic mass is 32.1. The van der Waals surface area contributed by atoms with Crippen LogP contribution in [0.5, 0.6) is 0 Å². The minimum absolute atomic E-state index is 0.203. The zero-order valence-electron chi connectivity index (χ0n) is 16.5. The Hall–Kier alpha value is -2.73. The third kappa shape index (κ3) is 4.07. The average molecular weight is 397 g/mol. The minimum Gasteiger partial charge on any atom is -0.455 e. The van der Waals surface area contributed by atoms with Crippen LogP contribution in [0, 0.1) is 0 Å². The van der Waals surface area contributed by atoms with Crippen LogP contribution in [0.4, 0.5) is 0 Å². The number of esters is 1. The Balaban J connectivity index is 1.63. The van der Waals surface area contributed by atoms with E-state index in [0.717, 1.165) is 20.8 Å². The molecule has 3 rings (SSSR count). The number of benzene rings is 2. The first-order valence-corrected chi connectivity index (χ1v) is 9.96. The fourth-order valence-corrected chi connectivity index (χ4v) is 3.90. The molecule has 0 saturated heterocycles. The van der Waals surface area contributed by atoms with E-state index in [0.29, 0.717) is 0 Å². The molecule has 1 atom stereocenters. The van der Waals surface area contributed by atoms with E-state index < -0.39 is 11.4 Å². The zero-order chi connectivity index (χ0) is 20.3. The molecule has 0 N–H and O–H groups in total. The Morgan fingerprint density at radius 1 is 1.11 bits per heavy atom. The molecule has 1 heterocycles. The fraction of sp³-hybridized carbons (Fsp3) is 0.318. The summed E-state index contributed by atoms with van der Waals surface area (Å²) in [5, 5.41) is 0.855. The summed E-state index contributed by atoms with van der Waals surface area (Å²) in [6, 6.07) is 17.1. The maximum absolute atomic E-state index is 12.6. The largest absolute Gasteiger partial charge is 0.455 e. The van der Waals surface area contributed by atoms with Crippen molar-refractivity contribution in [3.05, 3.63) is 65.2 Å². The average Bonchev–Trinajstić information content (AvgIpc) is 3.15. The van der Waals surface area contributed by atoms with Crippen LogP contribution >= 0.6 is 11.3 Å². The molecule has 0 bridgehead atoms. The van der Waals surface area contributed by atoms with E-state index in [4.69, 9.17) is 4.74 Å². The second-order valence-electron chi connectivity index (χ2n) is 7.27. The number of ether oxygens (including phenoxy) is 1.